The molecule has 4 heteroatoms. The minimum Gasteiger partial charge on any atom is -0.347 e. The summed E-state index contributed by atoms with van der Waals surface area (Å²) in [6.45, 7) is 0. The molecule has 1 aromatic carbocycles. The van der Waals surface area contributed by atoms with Crippen molar-refractivity contribution < 1.29 is 4.39 Å². The number of aromatic nitrogens is 1. The van der Waals surface area contributed by atoms with Crippen molar-refractivity contribution >= 4 is 22.9 Å². The molecule has 1 aromatic heterocycles. The highest BCUT2D eigenvalue weighted by Gasteiger charge is 2.17. The third kappa shape index (κ3) is 1.99. The Bertz CT molecular complexity index is 611. The number of hydrogen-bond donors (Lipinski definition) is 1. The molecule has 0 fully saturated rings. The fourth-order valence-corrected chi connectivity index (χ4v) is 2.36. The summed E-state index contributed by atoms with van der Waals surface area (Å²) in [5.74, 6) is -0.256. The van der Waals surface area contributed by atoms with Crippen molar-refractivity contribution in [2.75, 3.05) is 5.32 Å². The largest absolute Gasteiger partial charge is 0.347 e. The molecule has 2 nitrogen and oxygen atoms in total. The summed E-state index contributed by atoms with van der Waals surface area (Å²) in [5, 5.41) is 2.95. The molecule has 0 bridgehead atoms. The van der Waals surface area contributed by atoms with Gasteiger partial charge in [0.1, 0.15) is 5.82 Å². The van der Waals surface area contributed by atoms with E-state index in [1.54, 1.807) is 12.4 Å². The number of nitrogens with zero attached hydrogens (tertiary/aromatic N) is 1. The van der Waals surface area contributed by atoms with Crippen LogP contribution in [0, 0.1) is 5.82 Å². The van der Waals surface area contributed by atoms with Crippen LogP contribution in [0.1, 0.15) is 12.0 Å². The van der Waals surface area contributed by atoms with Gasteiger partial charge < -0.3 is 5.32 Å². The van der Waals surface area contributed by atoms with Gasteiger partial charge in [0.05, 0.1) is 10.7 Å². The molecular formula is C14H11FN2S. The first kappa shape index (κ1) is 11.3. The molecule has 1 aliphatic rings. The van der Waals surface area contributed by atoms with Crippen molar-refractivity contribution in [3.05, 3.63) is 48.0 Å². The lowest BCUT2D eigenvalue weighted by Crippen LogP contribution is -2.18. The molecule has 0 atom stereocenters. The van der Waals surface area contributed by atoms with E-state index < -0.39 is 0 Å². The first-order valence-corrected chi connectivity index (χ1v) is 6.17. The van der Waals surface area contributed by atoms with Gasteiger partial charge in [0, 0.05) is 24.4 Å². The maximum Gasteiger partial charge on any atom is 0.147 e. The Balaban J connectivity index is 2.10. The van der Waals surface area contributed by atoms with Crippen LogP contribution in [0.2, 0.25) is 0 Å². The van der Waals surface area contributed by atoms with E-state index >= 15 is 0 Å². The second-order valence-electron chi connectivity index (χ2n) is 4.28. The smallest absolute Gasteiger partial charge is 0.147 e. The Morgan fingerprint density at radius 2 is 2.11 bits per heavy atom. The van der Waals surface area contributed by atoms with Crippen molar-refractivity contribution in [2.45, 2.75) is 12.8 Å². The van der Waals surface area contributed by atoms with Crippen LogP contribution in [0.4, 0.5) is 10.1 Å². The maximum absolute atomic E-state index is 14.0. The summed E-state index contributed by atoms with van der Waals surface area (Å²) in [5.41, 5.74) is 3.28. The molecule has 0 radical (unpaired) electrons. The molecule has 2 heterocycles. The average molecular weight is 258 g/mol. The first-order valence-electron chi connectivity index (χ1n) is 5.77. The molecular weight excluding hydrogens is 247 g/mol. The van der Waals surface area contributed by atoms with Gasteiger partial charge in [0.25, 0.3) is 0 Å². The van der Waals surface area contributed by atoms with Crippen LogP contribution in [-0.2, 0) is 6.42 Å². The number of fused-ring (bicyclic) bond motifs is 1. The topological polar surface area (TPSA) is 24.9 Å². The lowest BCUT2D eigenvalue weighted by Gasteiger charge is -2.20. The molecule has 3 rings (SSSR count). The fourth-order valence-electron chi connectivity index (χ4n) is 2.15. The lowest BCUT2D eigenvalue weighted by atomic mass is 9.97. The number of pyridine rings is 1. The zero-order valence-electron chi connectivity index (χ0n) is 9.61. The molecule has 0 amide bonds. The monoisotopic (exact) mass is 258 g/mol. The van der Waals surface area contributed by atoms with Gasteiger partial charge in [-0.15, -0.1) is 0 Å². The van der Waals surface area contributed by atoms with E-state index in [-0.39, 0.29) is 5.82 Å². The predicted molar refractivity (Wildman–Crippen MR) is 74.2 cm³/mol. The minimum atomic E-state index is -0.256. The number of benzene rings is 1. The number of nitrogens with one attached hydrogen (secondary N) is 1. The van der Waals surface area contributed by atoms with Crippen LogP contribution >= 0.6 is 12.2 Å². The van der Waals surface area contributed by atoms with E-state index in [4.69, 9.17) is 12.2 Å². The van der Waals surface area contributed by atoms with E-state index in [0.717, 1.165) is 29.5 Å². The van der Waals surface area contributed by atoms with Crippen LogP contribution in [0.5, 0.6) is 0 Å². The number of hydrogen-bond acceptors (Lipinski definition) is 2. The number of halogens is 1. The van der Waals surface area contributed by atoms with Crippen molar-refractivity contribution in [3.8, 4) is 11.1 Å². The number of rotatable bonds is 1. The van der Waals surface area contributed by atoms with Gasteiger partial charge in [-0.1, -0.05) is 18.3 Å². The zero-order valence-corrected chi connectivity index (χ0v) is 10.4. The molecule has 2 aromatic rings. The van der Waals surface area contributed by atoms with Crippen LogP contribution in [0.15, 0.2) is 36.7 Å². The Morgan fingerprint density at radius 1 is 1.22 bits per heavy atom. The van der Waals surface area contributed by atoms with E-state index in [2.05, 4.69) is 10.3 Å². The van der Waals surface area contributed by atoms with Gasteiger partial charge >= 0.3 is 0 Å². The zero-order chi connectivity index (χ0) is 12.5. The Hall–Kier alpha value is -1.81. The van der Waals surface area contributed by atoms with Gasteiger partial charge in [0.15, 0.2) is 0 Å². The molecule has 18 heavy (non-hydrogen) atoms. The fraction of sp³-hybridized carbons (Fsp3) is 0.143. The Kier molecular flexibility index (Phi) is 2.80. The van der Waals surface area contributed by atoms with Gasteiger partial charge in [0.2, 0.25) is 0 Å². The van der Waals surface area contributed by atoms with Crippen LogP contribution in [0.3, 0.4) is 0 Å². The van der Waals surface area contributed by atoms with Gasteiger partial charge in [-0.2, -0.15) is 0 Å². The van der Waals surface area contributed by atoms with Crippen LogP contribution in [0.25, 0.3) is 11.1 Å². The van der Waals surface area contributed by atoms with Crippen molar-refractivity contribution in [1.82, 2.24) is 4.98 Å². The number of aryl methyl sites for hydroxylation is 1. The normalized spacial score (nSPS) is 13.9. The average Bonchev–Trinajstić information content (AvgIpc) is 2.40. The quantitative estimate of drug-likeness (QED) is 0.791. The van der Waals surface area contributed by atoms with Crippen LogP contribution < -0.4 is 5.32 Å². The van der Waals surface area contributed by atoms with Crippen molar-refractivity contribution in [2.24, 2.45) is 0 Å². The summed E-state index contributed by atoms with van der Waals surface area (Å²) < 4.78 is 14.0. The summed E-state index contributed by atoms with van der Waals surface area (Å²) in [4.78, 5) is 4.76. The molecule has 90 valence electrons. The molecule has 0 aliphatic carbocycles. The summed E-state index contributed by atoms with van der Waals surface area (Å²) in [7, 11) is 0. The first-order chi connectivity index (χ1) is 8.74. The third-order valence-corrected chi connectivity index (χ3v) is 3.36. The van der Waals surface area contributed by atoms with E-state index in [1.807, 2.05) is 18.2 Å². The molecule has 0 saturated carbocycles. The minimum absolute atomic E-state index is 0.256. The predicted octanol–water partition coefficient (Wildman–Crippen LogP) is 3.57. The lowest BCUT2D eigenvalue weighted by molar-refractivity contribution is 0.629. The maximum atomic E-state index is 14.0. The number of anilines is 1. The molecule has 1 aliphatic heterocycles. The highest BCUT2D eigenvalue weighted by molar-refractivity contribution is 7.80. The van der Waals surface area contributed by atoms with Crippen LogP contribution in [-0.4, -0.2) is 9.97 Å². The number of thiocarbonyl (C=S) groups is 1. The second-order valence-corrected chi connectivity index (χ2v) is 4.77. The Labute approximate surface area is 110 Å². The molecule has 0 saturated heterocycles. The summed E-state index contributed by atoms with van der Waals surface area (Å²) in [6.07, 6.45) is 5.00. The van der Waals surface area contributed by atoms with E-state index in [1.165, 1.54) is 6.07 Å². The van der Waals surface area contributed by atoms with E-state index in [9.17, 15) is 4.39 Å². The Morgan fingerprint density at radius 3 is 2.89 bits per heavy atom. The standard InChI is InChI=1S/C14H11FN2S/c15-12-7-11(10-2-1-5-16-8-10)6-9-3-4-13(18)17-14(9)12/h1-2,5-8H,3-4H2,(H,17,18). The highest BCUT2D eigenvalue weighted by atomic mass is 32.1. The van der Waals surface area contributed by atoms with Gasteiger partial charge in [-0.05, 0) is 35.7 Å². The molecule has 0 unspecified atom stereocenters. The van der Waals surface area contributed by atoms with E-state index in [0.29, 0.717) is 10.7 Å². The molecule has 1 N–H and O–H groups in total. The third-order valence-electron chi connectivity index (χ3n) is 3.05. The van der Waals surface area contributed by atoms with Crippen molar-refractivity contribution in [1.29, 1.82) is 0 Å². The van der Waals surface area contributed by atoms with Crippen molar-refractivity contribution in [3.63, 3.8) is 0 Å². The second kappa shape index (κ2) is 4.46. The van der Waals surface area contributed by atoms with Gasteiger partial charge in [-0.25, -0.2) is 4.39 Å². The van der Waals surface area contributed by atoms with Gasteiger partial charge in [-0.3, -0.25) is 4.98 Å². The molecule has 0 spiro atoms. The summed E-state index contributed by atoms with van der Waals surface area (Å²) in [6, 6.07) is 7.30. The highest BCUT2D eigenvalue weighted by Crippen LogP contribution is 2.31. The summed E-state index contributed by atoms with van der Waals surface area (Å²) >= 11 is 5.08. The SMILES string of the molecule is Fc1cc(-c2cccnc2)cc2c1NC(=S)CC2.